The highest BCUT2D eigenvalue weighted by atomic mass is 32.2. The van der Waals surface area contributed by atoms with E-state index < -0.39 is 162 Å². The number of sulfone groups is 6. The molecule has 8 rings (SSSR count). The van der Waals surface area contributed by atoms with Crippen LogP contribution in [0.2, 0.25) is 0 Å². The van der Waals surface area contributed by atoms with Crippen molar-refractivity contribution in [2.24, 2.45) is 5.73 Å². The Balaban J connectivity index is 1.24. The molecule has 1 aliphatic rings. The molecule has 480 valence electrons. The fourth-order valence-corrected chi connectivity index (χ4v) is 18.9. The molecule has 21 nitrogen and oxygen atoms in total. The van der Waals surface area contributed by atoms with Crippen LogP contribution in [-0.2, 0) is 90.2 Å². The van der Waals surface area contributed by atoms with E-state index in [9.17, 15) is 68.0 Å². The average Bonchev–Trinajstić information content (AvgIpc) is 0.758. The molecule has 0 bridgehead atoms. The summed E-state index contributed by atoms with van der Waals surface area (Å²) in [7, 11) is -37.6. The van der Waals surface area contributed by atoms with Crippen molar-refractivity contribution in [1.82, 2.24) is 0 Å². The minimum Gasteiger partial charge on any atom is -0.488 e. The maximum Gasteiger partial charge on any atom is 0.294 e. The molecule has 1 unspecified atom stereocenters. The first-order valence-electron chi connectivity index (χ1n) is 26.9. The second kappa shape index (κ2) is 23.7. The van der Waals surface area contributed by atoms with Gasteiger partial charge in [0.25, 0.3) is 20.2 Å². The van der Waals surface area contributed by atoms with Gasteiger partial charge in [0.15, 0.2) is 0 Å². The number of hydrogen-bond acceptors (Lipinski definition) is 19. The first kappa shape index (κ1) is 69.0. The minimum atomic E-state index is -5.19. The topological polar surface area (TPSA) is 358 Å². The van der Waals surface area contributed by atoms with Crippen molar-refractivity contribution in [2.75, 3.05) is 0 Å². The Labute approximate surface area is 525 Å². The zero-order valence-corrected chi connectivity index (χ0v) is 56.1. The fourth-order valence-electron chi connectivity index (χ4n) is 9.36. The quantitative estimate of drug-likeness (QED) is 0.0598. The van der Waals surface area contributed by atoms with Crippen LogP contribution in [0, 0.1) is 0 Å². The standard InChI is InChI=1S/C61H63NO20S8/c1-58(2,3)81-42-14-35-56(59(4,5)61(8,9)82-41-12-17-44(18-13-41)83(63,64)43-15-10-40(11-16-43)60(6,7)62)57(36-42)88(73,74)55-38-53(86(69,70)49-23-19-45(20-24-49)84(65,66)47-27-31-51(32-28-47)89(75,76)77)37-54(39-55)87(71,72)50-25-21-46(22-26-50)85(67,68)48-29-33-52(34-30-48)90(78,79)80/h10-33,35-39,52H,34,62H2,1-9H3,(H,75,76,77)(H,78,79,80). The van der Waals surface area contributed by atoms with Gasteiger partial charge in [-0.2, -0.15) is 16.8 Å². The predicted octanol–water partition coefficient (Wildman–Crippen LogP) is 9.48. The summed E-state index contributed by atoms with van der Waals surface area (Å²) in [5.41, 5.74) is 2.44. The summed E-state index contributed by atoms with van der Waals surface area (Å²) in [5, 5.41) is -1.42. The summed E-state index contributed by atoms with van der Waals surface area (Å²) in [6.45, 7) is 15.2. The highest BCUT2D eigenvalue weighted by Gasteiger charge is 2.45. The SMILES string of the molecule is CC(C)(C)Oc1ccc(C(C)(C)C(C)(C)Oc2ccc(S(=O)(=O)c3ccc(C(C)(C)N)cc3)cc2)c(S(=O)(=O)c2cc(S(=O)(=O)c3ccc(S(=O)(=O)C4=CCC(S(=O)(=O)O)C=C4)cc3)cc(S(=O)(=O)c3ccc(S(=O)(=O)c4ccc(S(=O)(=O)O)cc4)cc3)c2)c1. The zero-order chi connectivity index (χ0) is 67.0. The van der Waals surface area contributed by atoms with Crippen molar-refractivity contribution in [3.8, 4) is 11.5 Å². The zero-order valence-electron chi connectivity index (χ0n) is 49.6. The maximum atomic E-state index is 15.8. The van der Waals surface area contributed by atoms with Crippen LogP contribution < -0.4 is 15.2 Å². The molecule has 0 saturated carbocycles. The van der Waals surface area contributed by atoms with Gasteiger partial charge in [-0.05, 0) is 212 Å². The fraction of sp³-hybridized carbons (Fsp3) is 0.246. The lowest BCUT2D eigenvalue weighted by Gasteiger charge is -2.43. The van der Waals surface area contributed by atoms with Crippen LogP contribution in [-0.4, -0.2) is 92.9 Å². The van der Waals surface area contributed by atoms with E-state index in [0.717, 1.165) is 91.0 Å². The Bertz CT molecular complexity index is 5010. The van der Waals surface area contributed by atoms with Gasteiger partial charge in [0.1, 0.15) is 28.0 Å². The van der Waals surface area contributed by atoms with Crippen LogP contribution >= 0.6 is 0 Å². The monoisotopic (exact) mass is 1390 g/mol. The van der Waals surface area contributed by atoms with Crippen LogP contribution in [0.15, 0.2) is 240 Å². The first-order chi connectivity index (χ1) is 41.1. The number of hydrogen-bond donors (Lipinski definition) is 3. The van der Waals surface area contributed by atoms with Crippen molar-refractivity contribution in [2.45, 2.75) is 155 Å². The summed E-state index contributed by atoms with van der Waals surface area (Å²) in [4.78, 5) is -7.08. The smallest absolute Gasteiger partial charge is 0.294 e. The van der Waals surface area contributed by atoms with Crippen molar-refractivity contribution >= 4 is 79.3 Å². The Morgan fingerprint density at radius 3 is 1.10 bits per heavy atom. The molecule has 90 heavy (non-hydrogen) atoms. The Morgan fingerprint density at radius 2 is 0.744 bits per heavy atom. The Morgan fingerprint density at radius 1 is 0.400 bits per heavy atom. The summed E-state index contributed by atoms with van der Waals surface area (Å²) < 4.78 is 252. The number of rotatable bonds is 20. The molecule has 0 spiro atoms. The Hall–Kier alpha value is -6.90. The molecule has 4 N–H and O–H groups in total. The van der Waals surface area contributed by atoms with Gasteiger partial charge in [0.2, 0.25) is 59.0 Å². The highest BCUT2D eigenvalue weighted by Crippen LogP contribution is 2.45. The second-order valence-corrected chi connectivity index (χ2v) is 38.4. The molecule has 0 aliphatic heterocycles. The van der Waals surface area contributed by atoms with Crippen LogP contribution in [0.25, 0.3) is 0 Å². The molecule has 0 fully saturated rings. The van der Waals surface area contributed by atoms with E-state index in [-0.39, 0.29) is 31.8 Å². The minimum absolute atomic E-state index is 0.00586. The van der Waals surface area contributed by atoms with E-state index in [1.54, 1.807) is 74.4 Å². The average molecular weight is 1390 g/mol. The molecule has 0 saturated heterocycles. The van der Waals surface area contributed by atoms with Gasteiger partial charge in [-0.3, -0.25) is 9.11 Å². The maximum absolute atomic E-state index is 15.8. The van der Waals surface area contributed by atoms with Gasteiger partial charge in [-0.25, -0.2) is 50.5 Å². The van der Waals surface area contributed by atoms with Crippen molar-refractivity contribution < 1.29 is 85.9 Å². The predicted molar refractivity (Wildman–Crippen MR) is 332 cm³/mol. The molecule has 0 amide bonds. The Kier molecular flexibility index (Phi) is 18.1. The molecule has 0 aromatic heterocycles. The molecular weight excluding hydrogens is 1320 g/mol. The first-order valence-corrected chi connectivity index (χ1v) is 38.8. The van der Waals surface area contributed by atoms with E-state index in [2.05, 4.69) is 0 Å². The second-order valence-electron chi connectivity index (χ2n) is 23.6. The molecule has 29 heteroatoms. The molecule has 0 radical (unpaired) electrons. The molecule has 1 atom stereocenters. The lowest BCUT2D eigenvalue weighted by molar-refractivity contribution is 0.0343. The third-order valence-electron chi connectivity index (χ3n) is 15.1. The van der Waals surface area contributed by atoms with Gasteiger partial charge >= 0.3 is 0 Å². The van der Waals surface area contributed by atoms with Crippen LogP contribution in [0.3, 0.4) is 0 Å². The number of ether oxygens (including phenoxy) is 2. The summed E-state index contributed by atoms with van der Waals surface area (Å²) in [5.74, 6) is 0.172. The van der Waals surface area contributed by atoms with Crippen LogP contribution in [0.1, 0.15) is 79.9 Å². The number of nitrogens with two attached hydrogens (primary N) is 1. The van der Waals surface area contributed by atoms with Crippen molar-refractivity contribution in [3.63, 3.8) is 0 Å². The summed E-state index contributed by atoms with van der Waals surface area (Å²) in [6.07, 6.45) is 2.58. The highest BCUT2D eigenvalue weighted by molar-refractivity contribution is 7.95. The normalized spacial score (nSPS) is 15.2. The molecule has 1 aliphatic carbocycles. The van der Waals surface area contributed by atoms with Gasteiger partial charge in [-0.1, -0.05) is 44.2 Å². The summed E-state index contributed by atoms with van der Waals surface area (Å²) >= 11 is 0. The van der Waals surface area contributed by atoms with Crippen molar-refractivity contribution in [3.05, 3.63) is 192 Å². The lowest BCUT2D eigenvalue weighted by atomic mass is 9.71. The van der Waals surface area contributed by atoms with E-state index in [4.69, 9.17) is 15.2 Å². The summed E-state index contributed by atoms with van der Waals surface area (Å²) in [6, 6.07) is 28.4. The molecule has 0 heterocycles. The van der Waals surface area contributed by atoms with Gasteiger partial charge in [0, 0.05) is 11.0 Å². The van der Waals surface area contributed by atoms with Crippen molar-refractivity contribution in [1.29, 1.82) is 0 Å². The number of benzene rings is 7. The van der Waals surface area contributed by atoms with Gasteiger partial charge < -0.3 is 15.2 Å². The lowest BCUT2D eigenvalue weighted by Crippen LogP contribution is -2.48. The van der Waals surface area contributed by atoms with E-state index in [1.807, 2.05) is 0 Å². The molecular formula is C61H63NO20S8. The molecule has 7 aromatic carbocycles. The van der Waals surface area contributed by atoms with E-state index in [1.165, 1.54) is 54.6 Å². The number of allylic oxidation sites excluding steroid dienone is 2. The largest absolute Gasteiger partial charge is 0.488 e. The van der Waals surface area contributed by atoms with Gasteiger partial charge in [0.05, 0.1) is 63.7 Å². The van der Waals surface area contributed by atoms with Crippen LogP contribution in [0.4, 0.5) is 0 Å². The third kappa shape index (κ3) is 14.0. The van der Waals surface area contributed by atoms with Gasteiger partial charge in [-0.15, -0.1) is 0 Å². The van der Waals surface area contributed by atoms with Crippen LogP contribution in [0.5, 0.6) is 11.5 Å². The third-order valence-corrected chi connectivity index (χ3v) is 27.7. The van der Waals surface area contributed by atoms with E-state index >= 15 is 8.42 Å². The van der Waals surface area contributed by atoms with E-state index in [0.29, 0.717) is 23.8 Å². The molecule has 7 aromatic rings.